The molecule has 0 radical (unpaired) electrons. The fourth-order valence-electron chi connectivity index (χ4n) is 3.52. The first kappa shape index (κ1) is 25.6. The van der Waals surface area contributed by atoms with Crippen LogP contribution in [0.25, 0.3) is 10.9 Å². The van der Waals surface area contributed by atoms with Gasteiger partial charge in [0.1, 0.15) is 0 Å². The third-order valence-electron chi connectivity index (χ3n) is 5.04. The maximum atomic E-state index is 5.67. The topological polar surface area (TPSA) is 69.0 Å². The third kappa shape index (κ3) is 6.44. The van der Waals surface area contributed by atoms with Crippen LogP contribution in [0.2, 0.25) is 0 Å². The van der Waals surface area contributed by atoms with Crippen molar-refractivity contribution in [2.45, 2.75) is 26.4 Å². The summed E-state index contributed by atoms with van der Waals surface area (Å²) in [5.41, 5.74) is 2.28. The molecule has 2 aromatic carbocycles. The third-order valence-corrected chi connectivity index (χ3v) is 5.04. The van der Waals surface area contributed by atoms with Crippen LogP contribution in [0.3, 0.4) is 0 Å². The zero-order valence-electron chi connectivity index (χ0n) is 19.2. The second-order valence-electron chi connectivity index (χ2n) is 7.04. The van der Waals surface area contributed by atoms with Gasteiger partial charge in [0.2, 0.25) is 5.75 Å². The van der Waals surface area contributed by atoms with E-state index in [1.165, 1.54) is 10.9 Å². The highest BCUT2D eigenvalue weighted by Crippen LogP contribution is 2.38. The molecule has 0 aliphatic carbocycles. The number of nitrogens with zero attached hydrogens (tertiary/aromatic N) is 2. The van der Waals surface area contributed by atoms with Crippen LogP contribution in [-0.4, -0.2) is 44.9 Å². The van der Waals surface area contributed by atoms with Crippen LogP contribution in [0.4, 0.5) is 0 Å². The lowest BCUT2D eigenvalue weighted by molar-refractivity contribution is 0.288. The Morgan fingerprint density at radius 3 is 2.41 bits per heavy atom. The molecule has 3 rings (SSSR count). The molecule has 0 unspecified atom stereocenters. The average Bonchev–Trinajstić information content (AvgIpc) is 3.22. The Hall–Kier alpha value is -2.62. The number of aromatic nitrogens is 1. The van der Waals surface area contributed by atoms with Crippen LogP contribution in [-0.2, 0) is 13.1 Å². The number of fused-ring (bicyclic) bond motifs is 1. The zero-order chi connectivity index (χ0) is 22.1. The van der Waals surface area contributed by atoms with E-state index in [0.29, 0.717) is 30.4 Å². The molecule has 0 saturated carbocycles. The van der Waals surface area contributed by atoms with Crippen molar-refractivity contribution < 1.29 is 14.2 Å². The zero-order valence-corrected chi connectivity index (χ0v) is 21.5. The number of ether oxygens (including phenoxy) is 3. The Labute approximate surface area is 207 Å². The van der Waals surface area contributed by atoms with E-state index in [1.54, 1.807) is 21.3 Å². The van der Waals surface area contributed by atoms with Crippen molar-refractivity contribution >= 4 is 40.8 Å². The molecule has 0 fully saturated rings. The molecular weight excluding hydrogens is 519 g/mol. The van der Waals surface area contributed by atoms with Gasteiger partial charge in [-0.3, -0.25) is 4.99 Å². The molecule has 1 heterocycles. The Kier molecular flexibility index (Phi) is 10.5. The van der Waals surface area contributed by atoms with Crippen LogP contribution in [0, 0.1) is 0 Å². The second kappa shape index (κ2) is 13.0. The molecule has 3 aromatic rings. The highest BCUT2D eigenvalue weighted by molar-refractivity contribution is 14.0. The van der Waals surface area contributed by atoms with E-state index in [-0.39, 0.29) is 24.0 Å². The van der Waals surface area contributed by atoms with Crippen molar-refractivity contribution in [2.75, 3.05) is 34.4 Å². The number of hydrogen-bond acceptors (Lipinski definition) is 4. The van der Waals surface area contributed by atoms with Gasteiger partial charge in [0.05, 0.1) is 20.8 Å². The second-order valence-corrected chi connectivity index (χ2v) is 7.04. The molecule has 0 aliphatic heterocycles. The molecule has 0 amide bonds. The molecule has 8 heteroatoms. The monoisotopic (exact) mass is 552 g/mol. The Morgan fingerprint density at radius 1 is 1.03 bits per heavy atom. The summed E-state index contributed by atoms with van der Waals surface area (Å²) in [4.78, 5) is 4.32. The number of guanidine groups is 1. The summed E-state index contributed by atoms with van der Waals surface area (Å²) >= 11 is 0. The maximum absolute atomic E-state index is 5.67. The van der Waals surface area contributed by atoms with Crippen molar-refractivity contribution in [3.8, 4) is 17.2 Å². The van der Waals surface area contributed by atoms with E-state index in [9.17, 15) is 0 Å². The van der Waals surface area contributed by atoms with Crippen LogP contribution < -0.4 is 24.8 Å². The predicted molar refractivity (Wildman–Crippen MR) is 141 cm³/mol. The molecule has 174 valence electrons. The first-order valence-electron chi connectivity index (χ1n) is 10.6. The lowest BCUT2D eigenvalue weighted by Gasteiger charge is -2.16. The standard InChI is InChI=1S/C24H32N4O3.HI/c1-5-31-23-21(29-3)15-18(16-22(23)30-4)17-27-24(25-2)26-12-8-13-28-14-11-19-9-6-7-10-20(19)28;/h6-7,9-11,14-16H,5,8,12-13,17H2,1-4H3,(H2,25,26,27);1H. The number of aryl methyl sites for hydroxylation is 1. The number of halogens is 1. The molecule has 0 spiro atoms. The molecule has 7 nitrogen and oxygen atoms in total. The summed E-state index contributed by atoms with van der Waals surface area (Å²) in [5, 5.41) is 7.99. The van der Waals surface area contributed by atoms with Gasteiger partial charge in [-0.2, -0.15) is 0 Å². The van der Waals surface area contributed by atoms with Gasteiger partial charge in [-0.25, -0.2) is 0 Å². The van der Waals surface area contributed by atoms with Crippen LogP contribution in [0.15, 0.2) is 53.7 Å². The first-order chi connectivity index (χ1) is 15.2. The number of hydrogen-bond donors (Lipinski definition) is 2. The normalized spacial score (nSPS) is 11.1. The summed E-state index contributed by atoms with van der Waals surface area (Å²) in [6.07, 6.45) is 3.13. The molecule has 0 bridgehead atoms. The number of rotatable bonds is 10. The number of para-hydroxylation sites is 1. The number of aliphatic imine (C=N–C) groups is 1. The first-order valence-corrected chi connectivity index (χ1v) is 10.6. The molecule has 2 N–H and O–H groups in total. The van der Waals surface area contributed by atoms with Crippen molar-refractivity contribution in [2.24, 2.45) is 4.99 Å². The minimum Gasteiger partial charge on any atom is -0.493 e. The van der Waals surface area contributed by atoms with Crippen molar-refractivity contribution in [3.05, 3.63) is 54.2 Å². The number of benzene rings is 2. The van der Waals surface area contributed by atoms with E-state index < -0.39 is 0 Å². The lowest BCUT2D eigenvalue weighted by Crippen LogP contribution is -2.37. The minimum atomic E-state index is 0. The number of nitrogens with one attached hydrogen (secondary N) is 2. The smallest absolute Gasteiger partial charge is 0.203 e. The summed E-state index contributed by atoms with van der Waals surface area (Å²) in [5.74, 6) is 2.68. The summed E-state index contributed by atoms with van der Waals surface area (Å²) < 4.78 is 18.9. The van der Waals surface area contributed by atoms with Gasteiger partial charge in [-0.15, -0.1) is 24.0 Å². The highest BCUT2D eigenvalue weighted by atomic mass is 127. The molecular formula is C24H33IN4O3. The van der Waals surface area contributed by atoms with Gasteiger partial charge >= 0.3 is 0 Å². The SMILES string of the molecule is CCOc1c(OC)cc(CNC(=NC)NCCCn2ccc3ccccc32)cc1OC.I. The van der Waals surface area contributed by atoms with Gasteiger partial charge in [0, 0.05) is 38.4 Å². The summed E-state index contributed by atoms with van der Waals surface area (Å²) in [6.45, 7) is 4.83. The predicted octanol–water partition coefficient (Wildman–Crippen LogP) is 4.43. The largest absolute Gasteiger partial charge is 0.493 e. The van der Waals surface area contributed by atoms with Crippen molar-refractivity contribution in [1.82, 2.24) is 15.2 Å². The highest BCUT2D eigenvalue weighted by Gasteiger charge is 2.14. The fraction of sp³-hybridized carbons (Fsp3) is 0.375. The summed E-state index contributed by atoms with van der Waals surface area (Å²) in [6, 6.07) is 14.5. The minimum absolute atomic E-state index is 0. The average molecular weight is 552 g/mol. The van der Waals surface area contributed by atoms with Crippen LogP contribution in [0.5, 0.6) is 17.2 Å². The van der Waals surface area contributed by atoms with Crippen molar-refractivity contribution in [3.63, 3.8) is 0 Å². The van der Waals surface area contributed by atoms with Gasteiger partial charge in [0.25, 0.3) is 0 Å². The van der Waals surface area contributed by atoms with Crippen LogP contribution >= 0.6 is 24.0 Å². The van der Waals surface area contributed by atoms with Gasteiger partial charge in [0.15, 0.2) is 17.5 Å². The maximum Gasteiger partial charge on any atom is 0.203 e. The van der Waals surface area contributed by atoms with E-state index >= 15 is 0 Å². The number of methoxy groups -OCH3 is 2. The van der Waals surface area contributed by atoms with E-state index in [1.807, 2.05) is 19.1 Å². The lowest BCUT2D eigenvalue weighted by atomic mass is 10.2. The van der Waals surface area contributed by atoms with Crippen molar-refractivity contribution in [1.29, 1.82) is 0 Å². The summed E-state index contributed by atoms with van der Waals surface area (Å²) in [7, 11) is 5.03. The fourth-order valence-corrected chi connectivity index (χ4v) is 3.52. The Balaban J connectivity index is 0.00000363. The van der Waals surface area contributed by atoms with Crippen LogP contribution in [0.1, 0.15) is 18.9 Å². The van der Waals surface area contributed by atoms with E-state index in [4.69, 9.17) is 14.2 Å². The quantitative estimate of drug-likeness (QED) is 0.169. The van der Waals surface area contributed by atoms with Gasteiger partial charge in [-0.1, -0.05) is 18.2 Å². The molecule has 0 atom stereocenters. The molecule has 1 aromatic heterocycles. The van der Waals surface area contributed by atoms with E-state index in [2.05, 4.69) is 56.7 Å². The van der Waals surface area contributed by atoms with Gasteiger partial charge < -0.3 is 29.4 Å². The molecule has 0 aliphatic rings. The Bertz CT molecular complexity index is 994. The van der Waals surface area contributed by atoms with E-state index in [0.717, 1.165) is 31.0 Å². The molecule has 0 saturated heterocycles. The Morgan fingerprint density at radius 2 is 1.75 bits per heavy atom. The molecule has 32 heavy (non-hydrogen) atoms. The van der Waals surface area contributed by atoms with Gasteiger partial charge in [-0.05, 0) is 48.6 Å².